The first-order valence-corrected chi connectivity index (χ1v) is 7.33. The third kappa shape index (κ3) is 2.68. The van der Waals surface area contributed by atoms with Crippen LogP contribution >= 0.6 is 11.3 Å². The van der Waals surface area contributed by atoms with Gasteiger partial charge >= 0.3 is 0 Å². The summed E-state index contributed by atoms with van der Waals surface area (Å²) in [5, 5.41) is 2.93. The maximum atomic E-state index is 11.9. The van der Waals surface area contributed by atoms with Crippen molar-refractivity contribution in [1.82, 2.24) is 19.9 Å². The van der Waals surface area contributed by atoms with Gasteiger partial charge < -0.3 is 9.88 Å². The number of nitrogens with zero attached hydrogens (tertiary/aromatic N) is 3. The van der Waals surface area contributed by atoms with Crippen LogP contribution in [0.5, 0.6) is 0 Å². The van der Waals surface area contributed by atoms with Crippen molar-refractivity contribution >= 4 is 17.2 Å². The van der Waals surface area contributed by atoms with Crippen LogP contribution in [0, 0.1) is 6.92 Å². The Morgan fingerprint density at radius 3 is 3.05 bits per heavy atom. The maximum absolute atomic E-state index is 11.9. The third-order valence-electron chi connectivity index (χ3n) is 3.28. The summed E-state index contributed by atoms with van der Waals surface area (Å²) in [6.45, 7) is 3.24. The minimum atomic E-state index is -0.0342. The Morgan fingerprint density at radius 2 is 2.37 bits per heavy atom. The van der Waals surface area contributed by atoms with Crippen LogP contribution in [-0.2, 0) is 6.54 Å². The van der Waals surface area contributed by atoms with Crippen LogP contribution in [0.3, 0.4) is 0 Å². The molecule has 0 spiro atoms. The molecule has 2 aromatic heterocycles. The van der Waals surface area contributed by atoms with E-state index in [2.05, 4.69) is 19.9 Å². The molecule has 100 valence electrons. The van der Waals surface area contributed by atoms with Gasteiger partial charge in [0.05, 0.1) is 11.2 Å². The predicted octanol–water partition coefficient (Wildman–Crippen LogP) is 1.96. The summed E-state index contributed by atoms with van der Waals surface area (Å²) in [7, 11) is 0. The number of aryl methyl sites for hydroxylation is 1. The molecule has 0 radical (unpaired) electrons. The van der Waals surface area contributed by atoms with Crippen LogP contribution in [0.2, 0.25) is 0 Å². The van der Waals surface area contributed by atoms with Gasteiger partial charge in [-0.2, -0.15) is 0 Å². The number of nitrogens with one attached hydrogen (secondary N) is 1. The van der Waals surface area contributed by atoms with E-state index in [1.165, 1.54) is 24.2 Å². The predicted molar refractivity (Wildman–Crippen MR) is 73.4 cm³/mol. The molecule has 2 heterocycles. The van der Waals surface area contributed by atoms with Gasteiger partial charge in [0.2, 0.25) is 0 Å². The van der Waals surface area contributed by atoms with Crippen LogP contribution in [-0.4, -0.2) is 27.0 Å². The second kappa shape index (κ2) is 5.13. The third-order valence-corrected chi connectivity index (χ3v) is 4.21. The van der Waals surface area contributed by atoms with E-state index in [1.807, 2.05) is 19.3 Å². The van der Waals surface area contributed by atoms with E-state index in [1.54, 1.807) is 5.51 Å². The van der Waals surface area contributed by atoms with Gasteiger partial charge in [0.15, 0.2) is 0 Å². The largest absolute Gasteiger partial charge is 0.349 e. The Bertz CT molecular complexity index is 585. The number of rotatable bonds is 5. The zero-order chi connectivity index (χ0) is 13.2. The van der Waals surface area contributed by atoms with E-state index in [9.17, 15) is 4.79 Å². The molecule has 0 unspecified atom stereocenters. The van der Waals surface area contributed by atoms with Crippen molar-refractivity contribution in [1.29, 1.82) is 0 Å². The molecule has 0 aliphatic heterocycles. The van der Waals surface area contributed by atoms with Crippen molar-refractivity contribution in [3.63, 3.8) is 0 Å². The van der Waals surface area contributed by atoms with E-state index in [4.69, 9.17) is 0 Å². The molecule has 2 aromatic rings. The lowest BCUT2D eigenvalue weighted by molar-refractivity contribution is 0.0955. The molecule has 1 aliphatic carbocycles. The standard InChI is InChI=1S/C13H16N4OS/c1-9-11(19-8-16-9)13(18)15-5-7-17-6-4-14-12(17)10-2-3-10/h4,6,8,10H,2-3,5,7H2,1H3,(H,15,18). The van der Waals surface area contributed by atoms with Crippen molar-refractivity contribution in [3.8, 4) is 0 Å². The zero-order valence-corrected chi connectivity index (χ0v) is 11.6. The molecule has 0 saturated heterocycles. The van der Waals surface area contributed by atoms with Crippen molar-refractivity contribution in [2.45, 2.75) is 32.2 Å². The second-order valence-electron chi connectivity index (χ2n) is 4.78. The molecule has 0 atom stereocenters. The molecule has 0 bridgehead atoms. The summed E-state index contributed by atoms with van der Waals surface area (Å²) in [5.74, 6) is 1.76. The van der Waals surface area contributed by atoms with Gasteiger partial charge in [-0.05, 0) is 19.8 Å². The Balaban J connectivity index is 1.54. The molecule has 1 saturated carbocycles. The van der Waals surface area contributed by atoms with Crippen LogP contribution in [0.25, 0.3) is 0 Å². The lowest BCUT2D eigenvalue weighted by atomic mass is 10.3. The summed E-state index contributed by atoms with van der Waals surface area (Å²) in [6, 6.07) is 0. The van der Waals surface area contributed by atoms with E-state index >= 15 is 0 Å². The van der Waals surface area contributed by atoms with Crippen LogP contribution in [0.4, 0.5) is 0 Å². The highest BCUT2D eigenvalue weighted by atomic mass is 32.1. The van der Waals surface area contributed by atoms with Gasteiger partial charge in [0.1, 0.15) is 10.7 Å². The highest BCUT2D eigenvalue weighted by molar-refractivity contribution is 7.11. The van der Waals surface area contributed by atoms with Crippen LogP contribution < -0.4 is 5.32 Å². The molecular formula is C13H16N4OS. The van der Waals surface area contributed by atoms with E-state index in [-0.39, 0.29) is 5.91 Å². The summed E-state index contributed by atoms with van der Waals surface area (Å²) in [5.41, 5.74) is 2.49. The fraction of sp³-hybridized carbons (Fsp3) is 0.462. The Kier molecular flexibility index (Phi) is 3.33. The maximum Gasteiger partial charge on any atom is 0.263 e. The number of hydrogen-bond donors (Lipinski definition) is 1. The van der Waals surface area contributed by atoms with Gasteiger partial charge in [0, 0.05) is 31.4 Å². The Hall–Kier alpha value is -1.69. The highest BCUT2D eigenvalue weighted by Gasteiger charge is 2.27. The first kappa shape index (κ1) is 12.3. The first-order chi connectivity index (χ1) is 9.25. The normalized spacial score (nSPS) is 14.6. The second-order valence-corrected chi connectivity index (χ2v) is 5.63. The SMILES string of the molecule is Cc1ncsc1C(=O)NCCn1ccnc1C1CC1. The van der Waals surface area contributed by atoms with Crippen molar-refractivity contribution in [3.05, 3.63) is 34.3 Å². The summed E-state index contributed by atoms with van der Waals surface area (Å²) < 4.78 is 2.14. The minimum Gasteiger partial charge on any atom is -0.349 e. The molecule has 0 aromatic carbocycles. The Morgan fingerprint density at radius 1 is 1.53 bits per heavy atom. The average Bonchev–Trinajstić information content (AvgIpc) is 2.98. The topological polar surface area (TPSA) is 59.8 Å². The smallest absolute Gasteiger partial charge is 0.263 e. The quantitative estimate of drug-likeness (QED) is 0.908. The average molecular weight is 276 g/mol. The minimum absolute atomic E-state index is 0.0342. The van der Waals surface area contributed by atoms with Crippen molar-refractivity contribution in [2.75, 3.05) is 6.54 Å². The molecule has 19 heavy (non-hydrogen) atoms. The summed E-state index contributed by atoms with van der Waals surface area (Å²) >= 11 is 1.38. The van der Waals surface area contributed by atoms with Gasteiger partial charge in [-0.1, -0.05) is 0 Å². The molecule has 6 heteroatoms. The lowest BCUT2D eigenvalue weighted by Gasteiger charge is -2.08. The Labute approximate surface area is 115 Å². The number of hydrogen-bond acceptors (Lipinski definition) is 4. The molecule has 3 rings (SSSR count). The fourth-order valence-electron chi connectivity index (χ4n) is 2.10. The number of carbonyl (C=O) groups excluding carboxylic acids is 1. The molecule has 1 aliphatic rings. The highest BCUT2D eigenvalue weighted by Crippen LogP contribution is 2.38. The van der Waals surface area contributed by atoms with Crippen LogP contribution in [0.1, 0.15) is 39.9 Å². The fourth-order valence-corrected chi connectivity index (χ4v) is 2.82. The van der Waals surface area contributed by atoms with E-state index < -0.39 is 0 Å². The van der Waals surface area contributed by atoms with Crippen molar-refractivity contribution < 1.29 is 4.79 Å². The molecule has 1 fully saturated rings. The van der Waals surface area contributed by atoms with Gasteiger partial charge in [0.25, 0.3) is 5.91 Å². The van der Waals surface area contributed by atoms with Gasteiger partial charge in [-0.3, -0.25) is 4.79 Å². The number of thiazole rings is 1. The van der Waals surface area contributed by atoms with Crippen LogP contribution in [0.15, 0.2) is 17.9 Å². The van der Waals surface area contributed by atoms with Gasteiger partial charge in [-0.15, -0.1) is 11.3 Å². The number of carbonyl (C=O) groups is 1. The molecular weight excluding hydrogens is 260 g/mol. The molecule has 5 nitrogen and oxygen atoms in total. The summed E-state index contributed by atoms with van der Waals surface area (Å²) in [4.78, 5) is 21.1. The van der Waals surface area contributed by atoms with Crippen molar-refractivity contribution in [2.24, 2.45) is 0 Å². The first-order valence-electron chi connectivity index (χ1n) is 6.45. The number of aromatic nitrogens is 3. The monoisotopic (exact) mass is 276 g/mol. The molecule has 1 N–H and O–H groups in total. The van der Waals surface area contributed by atoms with Gasteiger partial charge in [-0.25, -0.2) is 9.97 Å². The molecule has 1 amide bonds. The zero-order valence-electron chi connectivity index (χ0n) is 10.8. The number of amides is 1. The van der Waals surface area contributed by atoms with E-state index in [0.29, 0.717) is 17.3 Å². The summed E-state index contributed by atoms with van der Waals surface area (Å²) in [6.07, 6.45) is 6.30. The number of imidazole rings is 1. The van der Waals surface area contributed by atoms with E-state index in [0.717, 1.165) is 18.1 Å². The lowest BCUT2D eigenvalue weighted by Crippen LogP contribution is -2.27.